The molecule has 4 rings (SSSR count). The van der Waals surface area contributed by atoms with Crippen molar-refractivity contribution in [3.63, 3.8) is 0 Å². The van der Waals surface area contributed by atoms with Crippen LogP contribution in [0.2, 0.25) is 0 Å². The van der Waals surface area contributed by atoms with Crippen molar-refractivity contribution < 1.29 is 0 Å². The summed E-state index contributed by atoms with van der Waals surface area (Å²) >= 11 is 0. The van der Waals surface area contributed by atoms with Gasteiger partial charge in [0, 0.05) is 22.4 Å². The van der Waals surface area contributed by atoms with Gasteiger partial charge in [-0.05, 0) is 28.8 Å². The Morgan fingerprint density at radius 2 is 1.72 bits per heavy atom. The van der Waals surface area contributed by atoms with E-state index in [1.165, 1.54) is 32.5 Å². The Kier molecular flexibility index (Phi) is 1.87. The molecule has 0 N–H and O–H groups in total. The number of aryl methyl sites for hydroxylation is 1. The highest BCUT2D eigenvalue weighted by molar-refractivity contribution is 6.21. The maximum Gasteiger partial charge on any atom is 0.0717 e. The first-order valence-corrected chi connectivity index (χ1v) is 6.39. The lowest BCUT2D eigenvalue weighted by Crippen LogP contribution is -1.89. The van der Waals surface area contributed by atoms with Crippen LogP contribution in [-0.4, -0.2) is 4.98 Å². The van der Waals surface area contributed by atoms with Gasteiger partial charge in [0.05, 0.1) is 5.52 Å². The monoisotopic (exact) mass is 231 g/mol. The van der Waals surface area contributed by atoms with Gasteiger partial charge in [-0.3, -0.25) is 4.98 Å². The van der Waals surface area contributed by atoms with Gasteiger partial charge in [0.15, 0.2) is 0 Å². The third-order valence-electron chi connectivity index (χ3n) is 3.78. The second-order valence-electron chi connectivity index (χ2n) is 4.84. The minimum absolute atomic E-state index is 1.05. The Bertz CT molecular complexity index is 797. The van der Waals surface area contributed by atoms with Gasteiger partial charge in [0.25, 0.3) is 0 Å². The van der Waals surface area contributed by atoms with Gasteiger partial charge in [-0.25, -0.2) is 0 Å². The van der Waals surface area contributed by atoms with Gasteiger partial charge in [0.1, 0.15) is 0 Å². The predicted octanol–water partition coefficient (Wildman–Crippen LogP) is 4.54. The van der Waals surface area contributed by atoms with Crippen LogP contribution in [0, 0.1) is 0 Å². The summed E-state index contributed by atoms with van der Waals surface area (Å²) in [5, 5.41) is 6.50. The van der Waals surface area contributed by atoms with Crippen molar-refractivity contribution in [2.24, 2.45) is 0 Å². The van der Waals surface area contributed by atoms with E-state index in [0.717, 1.165) is 11.9 Å². The molecule has 3 aromatic carbocycles. The van der Waals surface area contributed by atoms with E-state index in [4.69, 9.17) is 0 Å². The fourth-order valence-electron chi connectivity index (χ4n) is 2.86. The second kappa shape index (κ2) is 3.42. The molecule has 0 saturated heterocycles. The van der Waals surface area contributed by atoms with E-state index < -0.39 is 0 Å². The minimum Gasteiger partial charge on any atom is -0.256 e. The average Bonchev–Trinajstić information content (AvgIpc) is 2.44. The van der Waals surface area contributed by atoms with Gasteiger partial charge in [-0.2, -0.15) is 0 Å². The molecule has 1 heteroatoms. The van der Waals surface area contributed by atoms with Crippen molar-refractivity contribution in [2.75, 3.05) is 0 Å². The lowest BCUT2D eigenvalue weighted by atomic mass is 9.96. The molecule has 0 spiro atoms. The summed E-state index contributed by atoms with van der Waals surface area (Å²) in [4.78, 5) is 4.62. The maximum absolute atomic E-state index is 4.62. The molecule has 1 nitrogen and oxygen atoms in total. The summed E-state index contributed by atoms with van der Waals surface area (Å²) in [7, 11) is 0. The summed E-state index contributed by atoms with van der Waals surface area (Å²) in [5.74, 6) is 0. The van der Waals surface area contributed by atoms with Crippen LogP contribution in [0.15, 0.2) is 48.7 Å². The maximum atomic E-state index is 4.62. The smallest absolute Gasteiger partial charge is 0.0717 e. The number of hydrogen-bond acceptors (Lipinski definition) is 1. The third kappa shape index (κ3) is 1.19. The number of rotatable bonds is 1. The molecule has 0 atom stereocenters. The molecule has 0 aliphatic rings. The van der Waals surface area contributed by atoms with E-state index >= 15 is 0 Å². The van der Waals surface area contributed by atoms with Gasteiger partial charge in [-0.15, -0.1) is 0 Å². The van der Waals surface area contributed by atoms with Crippen LogP contribution in [-0.2, 0) is 6.42 Å². The van der Waals surface area contributed by atoms with Crippen LogP contribution >= 0.6 is 0 Å². The van der Waals surface area contributed by atoms with Crippen LogP contribution in [0.3, 0.4) is 0 Å². The predicted molar refractivity (Wildman–Crippen MR) is 77.3 cm³/mol. The Hall–Kier alpha value is -2.15. The Balaban J connectivity index is 2.35. The van der Waals surface area contributed by atoms with Gasteiger partial charge in [0.2, 0.25) is 0 Å². The van der Waals surface area contributed by atoms with Gasteiger partial charge < -0.3 is 0 Å². The first kappa shape index (κ1) is 9.84. The highest BCUT2D eigenvalue weighted by Gasteiger charge is 2.09. The molecule has 4 aromatic rings. The number of aromatic nitrogens is 1. The number of nitrogens with zero attached hydrogens (tertiary/aromatic N) is 1. The van der Waals surface area contributed by atoms with Crippen molar-refractivity contribution in [3.05, 3.63) is 54.2 Å². The van der Waals surface area contributed by atoms with Crippen molar-refractivity contribution in [1.82, 2.24) is 4.98 Å². The van der Waals surface area contributed by atoms with Crippen LogP contribution < -0.4 is 0 Å². The Labute approximate surface area is 105 Å². The quantitative estimate of drug-likeness (QED) is 0.438. The van der Waals surface area contributed by atoms with E-state index in [1.807, 2.05) is 6.20 Å². The molecule has 86 valence electrons. The van der Waals surface area contributed by atoms with E-state index in [2.05, 4.69) is 54.4 Å². The fourth-order valence-corrected chi connectivity index (χ4v) is 2.86. The molecule has 0 unspecified atom stereocenters. The van der Waals surface area contributed by atoms with Crippen molar-refractivity contribution in [2.45, 2.75) is 13.3 Å². The number of hydrogen-bond donors (Lipinski definition) is 0. The lowest BCUT2D eigenvalue weighted by Gasteiger charge is -2.10. The first-order chi connectivity index (χ1) is 8.86. The van der Waals surface area contributed by atoms with Crippen LogP contribution in [0.5, 0.6) is 0 Å². The van der Waals surface area contributed by atoms with Gasteiger partial charge >= 0.3 is 0 Å². The highest BCUT2D eigenvalue weighted by atomic mass is 14.6. The lowest BCUT2D eigenvalue weighted by molar-refractivity contribution is 1.15. The van der Waals surface area contributed by atoms with Gasteiger partial charge in [-0.1, -0.05) is 43.3 Å². The Morgan fingerprint density at radius 1 is 0.889 bits per heavy atom. The number of benzene rings is 3. The summed E-state index contributed by atoms with van der Waals surface area (Å²) < 4.78 is 0. The third-order valence-corrected chi connectivity index (χ3v) is 3.78. The molecule has 18 heavy (non-hydrogen) atoms. The molecule has 0 radical (unpaired) electrons. The van der Waals surface area contributed by atoms with E-state index in [0.29, 0.717) is 0 Å². The van der Waals surface area contributed by atoms with Crippen LogP contribution in [0.25, 0.3) is 32.4 Å². The van der Waals surface area contributed by atoms with E-state index in [9.17, 15) is 0 Å². The molecule has 0 amide bonds. The molecule has 0 aliphatic carbocycles. The molecule has 0 bridgehead atoms. The largest absolute Gasteiger partial charge is 0.256 e. The topological polar surface area (TPSA) is 12.9 Å². The second-order valence-corrected chi connectivity index (χ2v) is 4.84. The Morgan fingerprint density at radius 3 is 2.61 bits per heavy atom. The standard InChI is InChI=1S/C17H13N/c1-2-11-8-13-7-6-12-4-3-5-14-10-18-15(9-11)17(13)16(12)14/h3-10H,2H2,1H3. The summed E-state index contributed by atoms with van der Waals surface area (Å²) in [6.07, 6.45) is 3.04. The van der Waals surface area contributed by atoms with E-state index in [-0.39, 0.29) is 0 Å². The highest BCUT2D eigenvalue weighted by Crippen LogP contribution is 2.33. The fraction of sp³-hybridized carbons (Fsp3) is 0.118. The zero-order valence-corrected chi connectivity index (χ0v) is 10.3. The molecule has 0 saturated carbocycles. The van der Waals surface area contributed by atoms with E-state index in [1.54, 1.807) is 0 Å². The molecule has 0 aliphatic heterocycles. The van der Waals surface area contributed by atoms with Crippen LogP contribution in [0.4, 0.5) is 0 Å². The average molecular weight is 231 g/mol. The molecule has 1 heterocycles. The molecule has 1 aromatic heterocycles. The van der Waals surface area contributed by atoms with Crippen molar-refractivity contribution >= 4 is 32.4 Å². The molecular formula is C17H13N. The summed E-state index contributed by atoms with van der Waals surface area (Å²) in [5.41, 5.74) is 2.47. The normalized spacial score (nSPS) is 11.8. The summed E-state index contributed by atoms with van der Waals surface area (Å²) in [6, 6.07) is 15.3. The molecule has 0 fully saturated rings. The van der Waals surface area contributed by atoms with Crippen molar-refractivity contribution in [3.8, 4) is 0 Å². The first-order valence-electron chi connectivity index (χ1n) is 6.39. The molecular weight excluding hydrogens is 218 g/mol. The van der Waals surface area contributed by atoms with Crippen molar-refractivity contribution in [1.29, 1.82) is 0 Å². The zero-order chi connectivity index (χ0) is 12.1. The number of pyridine rings is 1. The minimum atomic E-state index is 1.05. The zero-order valence-electron chi connectivity index (χ0n) is 10.3. The van der Waals surface area contributed by atoms with Crippen LogP contribution in [0.1, 0.15) is 12.5 Å². The SMILES string of the molecule is CCc1cc2ccc3cccc4cnc(c1)c2c34. The summed E-state index contributed by atoms with van der Waals surface area (Å²) in [6.45, 7) is 2.19.